The van der Waals surface area contributed by atoms with Gasteiger partial charge in [-0.25, -0.2) is 0 Å². The maximum absolute atomic E-state index is 8.67. The van der Waals surface area contributed by atoms with Crippen LogP contribution in [0.2, 0.25) is 0 Å². The van der Waals surface area contributed by atoms with E-state index in [1.165, 1.54) is 0 Å². The zero-order chi connectivity index (χ0) is 13.4. The third kappa shape index (κ3) is 4.68. The monoisotopic (exact) mass is 252 g/mol. The second kappa shape index (κ2) is 7.62. The van der Waals surface area contributed by atoms with Crippen LogP contribution in [-0.2, 0) is 11.3 Å². The molecule has 0 amide bonds. The van der Waals surface area contributed by atoms with Crippen molar-refractivity contribution in [3.63, 3.8) is 0 Å². The van der Waals surface area contributed by atoms with Gasteiger partial charge in [-0.3, -0.25) is 4.98 Å². The van der Waals surface area contributed by atoms with E-state index in [-0.39, 0.29) is 11.9 Å². The molecule has 1 heterocycles. The van der Waals surface area contributed by atoms with Gasteiger partial charge in [0.05, 0.1) is 12.7 Å². The molecule has 1 aromatic rings. The first-order valence-corrected chi connectivity index (χ1v) is 5.89. The highest BCUT2D eigenvalue weighted by molar-refractivity contribution is 5.96. The number of aromatic nitrogens is 1. The van der Waals surface area contributed by atoms with Gasteiger partial charge in [0.15, 0.2) is 5.84 Å². The van der Waals surface area contributed by atoms with Crippen LogP contribution in [0.4, 0.5) is 0 Å². The SMILES string of the molecule is CC(C)OCCNCc1cccnc1/C(N)=N/O. The van der Waals surface area contributed by atoms with Gasteiger partial charge in [0.25, 0.3) is 0 Å². The summed E-state index contributed by atoms with van der Waals surface area (Å²) < 4.78 is 5.41. The number of rotatable bonds is 7. The number of nitrogens with zero attached hydrogens (tertiary/aromatic N) is 2. The number of ether oxygens (including phenoxy) is 1. The smallest absolute Gasteiger partial charge is 0.189 e. The fraction of sp³-hybridized carbons (Fsp3) is 0.500. The van der Waals surface area contributed by atoms with Crippen molar-refractivity contribution in [1.82, 2.24) is 10.3 Å². The van der Waals surface area contributed by atoms with Crippen LogP contribution in [0.15, 0.2) is 23.5 Å². The van der Waals surface area contributed by atoms with Crippen LogP contribution in [0.3, 0.4) is 0 Å². The fourth-order valence-corrected chi connectivity index (χ4v) is 1.45. The third-order valence-electron chi connectivity index (χ3n) is 2.29. The van der Waals surface area contributed by atoms with Crippen molar-refractivity contribution in [3.8, 4) is 0 Å². The molecule has 18 heavy (non-hydrogen) atoms. The van der Waals surface area contributed by atoms with Gasteiger partial charge in [0, 0.05) is 19.3 Å². The number of pyridine rings is 1. The first kappa shape index (κ1) is 14.4. The number of nitrogens with two attached hydrogens (primary N) is 1. The maximum atomic E-state index is 8.67. The Bertz CT molecular complexity index is 393. The van der Waals surface area contributed by atoms with Crippen molar-refractivity contribution in [2.75, 3.05) is 13.2 Å². The Kier molecular flexibility index (Phi) is 6.10. The molecule has 0 saturated carbocycles. The van der Waals surface area contributed by atoms with Crippen LogP contribution in [0, 0.1) is 0 Å². The zero-order valence-corrected chi connectivity index (χ0v) is 10.8. The van der Waals surface area contributed by atoms with Gasteiger partial charge in [-0.2, -0.15) is 0 Å². The van der Waals surface area contributed by atoms with Gasteiger partial charge in [-0.05, 0) is 25.5 Å². The van der Waals surface area contributed by atoms with Crippen LogP contribution >= 0.6 is 0 Å². The quantitative estimate of drug-likeness (QED) is 0.218. The normalized spacial score (nSPS) is 12.1. The van der Waals surface area contributed by atoms with Gasteiger partial charge in [-0.1, -0.05) is 11.2 Å². The van der Waals surface area contributed by atoms with E-state index in [1.54, 1.807) is 6.20 Å². The molecule has 0 aliphatic heterocycles. The van der Waals surface area contributed by atoms with Crippen molar-refractivity contribution < 1.29 is 9.94 Å². The van der Waals surface area contributed by atoms with Gasteiger partial charge in [0.1, 0.15) is 5.69 Å². The summed E-state index contributed by atoms with van der Waals surface area (Å²) in [5, 5.41) is 14.9. The summed E-state index contributed by atoms with van der Waals surface area (Å²) in [5.74, 6) is 0.0193. The van der Waals surface area contributed by atoms with E-state index in [9.17, 15) is 0 Å². The summed E-state index contributed by atoms with van der Waals surface area (Å²) in [6.07, 6.45) is 1.84. The summed E-state index contributed by atoms with van der Waals surface area (Å²) in [7, 11) is 0. The summed E-state index contributed by atoms with van der Waals surface area (Å²) in [5.41, 5.74) is 6.93. The lowest BCUT2D eigenvalue weighted by Gasteiger charge is -2.10. The molecule has 0 aliphatic carbocycles. The Labute approximate surface area is 107 Å². The van der Waals surface area contributed by atoms with Crippen LogP contribution in [0.1, 0.15) is 25.1 Å². The van der Waals surface area contributed by atoms with E-state index in [4.69, 9.17) is 15.7 Å². The topological polar surface area (TPSA) is 92.8 Å². The van der Waals surface area contributed by atoms with Crippen molar-refractivity contribution in [2.45, 2.75) is 26.5 Å². The van der Waals surface area contributed by atoms with Crippen LogP contribution in [-0.4, -0.2) is 35.3 Å². The van der Waals surface area contributed by atoms with E-state index in [2.05, 4.69) is 15.5 Å². The molecular weight excluding hydrogens is 232 g/mol. The lowest BCUT2D eigenvalue weighted by Crippen LogP contribution is -2.24. The third-order valence-corrected chi connectivity index (χ3v) is 2.29. The maximum Gasteiger partial charge on any atom is 0.189 e. The predicted octanol–water partition coefficient (Wildman–Crippen LogP) is 0.691. The first-order valence-electron chi connectivity index (χ1n) is 5.89. The second-order valence-corrected chi connectivity index (χ2v) is 4.09. The Morgan fingerprint density at radius 2 is 2.39 bits per heavy atom. The van der Waals surface area contributed by atoms with Crippen LogP contribution in [0.5, 0.6) is 0 Å². The summed E-state index contributed by atoms with van der Waals surface area (Å²) in [6.45, 7) is 5.98. The van der Waals surface area contributed by atoms with Crippen molar-refractivity contribution in [3.05, 3.63) is 29.6 Å². The molecule has 6 heteroatoms. The zero-order valence-electron chi connectivity index (χ0n) is 10.8. The minimum atomic E-state index is 0.0193. The van der Waals surface area contributed by atoms with Crippen LogP contribution < -0.4 is 11.1 Å². The molecule has 0 aromatic carbocycles. The van der Waals surface area contributed by atoms with Crippen molar-refractivity contribution >= 4 is 5.84 Å². The second-order valence-electron chi connectivity index (χ2n) is 4.09. The number of nitrogens with one attached hydrogen (secondary N) is 1. The molecule has 0 unspecified atom stereocenters. The van der Waals surface area contributed by atoms with Gasteiger partial charge >= 0.3 is 0 Å². The van der Waals surface area contributed by atoms with Gasteiger partial charge < -0.3 is 21.0 Å². The fourth-order valence-electron chi connectivity index (χ4n) is 1.45. The first-order chi connectivity index (χ1) is 8.65. The van der Waals surface area contributed by atoms with E-state index in [0.29, 0.717) is 18.8 Å². The highest BCUT2D eigenvalue weighted by Crippen LogP contribution is 2.04. The standard InChI is InChI=1S/C12H20N4O2/c1-9(2)18-7-6-14-8-10-4-3-5-15-11(10)12(13)16-17/h3-5,9,14,17H,6-8H2,1-2H3,(H2,13,16). The van der Waals surface area contributed by atoms with Gasteiger partial charge in [-0.15, -0.1) is 0 Å². The number of hydrogen-bond donors (Lipinski definition) is 3. The lowest BCUT2D eigenvalue weighted by atomic mass is 10.2. The minimum Gasteiger partial charge on any atom is -0.409 e. The van der Waals surface area contributed by atoms with Crippen molar-refractivity contribution in [1.29, 1.82) is 0 Å². The van der Waals surface area contributed by atoms with Crippen molar-refractivity contribution in [2.24, 2.45) is 10.9 Å². The molecule has 4 N–H and O–H groups in total. The van der Waals surface area contributed by atoms with Gasteiger partial charge in [0.2, 0.25) is 0 Å². The number of hydrogen-bond acceptors (Lipinski definition) is 5. The summed E-state index contributed by atoms with van der Waals surface area (Å²) in [6, 6.07) is 3.70. The molecule has 0 fully saturated rings. The highest BCUT2D eigenvalue weighted by atomic mass is 16.5. The van der Waals surface area contributed by atoms with E-state index in [1.807, 2.05) is 26.0 Å². The average Bonchev–Trinajstić information content (AvgIpc) is 2.37. The predicted molar refractivity (Wildman–Crippen MR) is 69.5 cm³/mol. The van der Waals surface area contributed by atoms with E-state index >= 15 is 0 Å². The molecule has 0 saturated heterocycles. The minimum absolute atomic E-state index is 0.0193. The Hall–Kier alpha value is -1.66. The van der Waals surface area contributed by atoms with Crippen LogP contribution in [0.25, 0.3) is 0 Å². The Morgan fingerprint density at radius 3 is 3.06 bits per heavy atom. The molecule has 0 spiro atoms. The summed E-state index contributed by atoms with van der Waals surface area (Å²) in [4.78, 5) is 4.09. The number of oxime groups is 1. The summed E-state index contributed by atoms with van der Waals surface area (Å²) >= 11 is 0. The van der Waals surface area contributed by atoms with E-state index < -0.39 is 0 Å². The Morgan fingerprint density at radius 1 is 1.61 bits per heavy atom. The Balaban J connectivity index is 2.47. The molecule has 0 aliphatic rings. The molecule has 0 bridgehead atoms. The molecular formula is C12H20N4O2. The molecule has 100 valence electrons. The molecule has 0 atom stereocenters. The lowest BCUT2D eigenvalue weighted by molar-refractivity contribution is 0.0807. The highest BCUT2D eigenvalue weighted by Gasteiger charge is 2.07. The van der Waals surface area contributed by atoms with E-state index in [0.717, 1.165) is 12.1 Å². The molecule has 1 aromatic heterocycles. The average molecular weight is 252 g/mol. The molecule has 1 rings (SSSR count). The molecule has 6 nitrogen and oxygen atoms in total. The number of amidine groups is 1. The largest absolute Gasteiger partial charge is 0.409 e. The molecule has 0 radical (unpaired) electrons.